The topological polar surface area (TPSA) is 84.0 Å². The molecule has 1 fully saturated rings. The van der Waals surface area contributed by atoms with Gasteiger partial charge in [0, 0.05) is 33.4 Å². The van der Waals surface area contributed by atoms with Gasteiger partial charge < -0.3 is 14.5 Å². The number of sulfone groups is 1. The molecule has 0 unspecified atom stereocenters. The van der Waals surface area contributed by atoms with E-state index in [4.69, 9.17) is 4.74 Å². The van der Waals surface area contributed by atoms with Crippen molar-refractivity contribution in [2.45, 2.75) is 55.7 Å². The number of esters is 1. The van der Waals surface area contributed by atoms with Crippen LogP contribution < -0.4 is 4.90 Å². The third kappa shape index (κ3) is 5.12. The average Bonchev–Trinajstić information content (AvgIpc) is 3.31. The van der Waals surface area contributed by atoms with Crippen molar-refractivity contribution in [2.75, 3.05) is 32.6 Å². The molecule has 0 heterocycles. The van der Waals surface area contributed by atoms with Crippen molar-refractivity contribution in [3.63, 3.8) is 0 Å². The monoisotopic (exact) mass is 486 g/mol. The Bertz CT molecular complexity index is 1150. The number of anilines is 1. The summed E-state index contributed by atoms with van der Waals surface area (Å²) in [7, 11) is 1.56. The van der Waals surface area contributed by atoms with E-state index in [1.807, 2.05) is 56.3 Å². The molecule has 0 saturated heterocycles. The lowest BCUT2D eigenvalue weighted by molar-refractivity contribution is -0.153. The molecule has 0 radical (unpaired) electrons. The summed E-state index contributed by atoms with van der Waals surface area (Å²) in [6.45, 7) is 3.41. The van der Waals surface area contributed by atoms with Gasteiger partial charge in [-0.1, -0.05) is 37.1 Å². The zero-order valence-corrected chi connectivity index (χ0v) is 21.4. The standard InChI is InChI=1S/C26H34N2O5S/c1-19-8-9-20(2)23(16-19)34(31,32)26(14-6-7-15-26)25(30)33-18-24(29)28(5)17-21-10-12-22(13-11-21)27(3)4/h8-13,16H,6-7,14-15,17-18H2,1-5H3. The Kier molecular flexibility index (Phi) is 7.70. The number of aryl methyl sites for hydroxylation is 2. The van der Waals surface area contributed by atoms with Gasteiger partial charge in [-0.15, -0.1) is 0 Å². The first-order valence-corrected chi connectivity index (χ1v) is 13.0. The van der Waals surface area contributed by atoms with Crippen LogP contribution in [-0.4, -0.2) is 57.7 Å². The van der Waals surface area contributed by atoms with Gasteiger partial charge in [0.2, 0.25) is 0 Å². The number of amides is 1. The van der Waals surface area contributed by atoms with Gasteiger partial charge in [0.15, 0.2) is 21.2 Å². The van der Waals surface area contributed by atoms with Crippen LogP contribution >= 0.6 is 0 Å². The van der Waals surface area contributed by atoms with E-state index in [9.17, 15) is 18.0 Å². The molecule has 0 aliphatic heterocycles. The van der Waals surface area contributed by atoms with Crippen LogP contribution in [0.25, 0.3) is 0 Å². The number of nitrogens with zero attached hydrogens (tertiary/aromatic N) is 2. The third-order valence-electron chi connectivity index (χ3n) is 6.56. The van der Waals surface area contributed by atoms with Crippen molar-refractivity contribution < 1.29 is 22.7 Å². The number of hydrogen-bond donors (Lipinski definition) is 0. The second kappa shape index (κ2) is 10.2. The minimum absolute atomic E-state index is 0.163. The molecule has 0 atom stereocenters. The summed E-state index contributed by atoms with van der Waals surface area (Å²) in [4.78, 5) is 29.5. The SMILES string of the molecule is Cc1ccc(C)c(S(=O)(=O)C2(C(=O)OCC(=O)N(C)Cc3ccc(N(C)C)cc3)CCCC2)c1. The summed E-state index contributed by atoms with van der Waals surface area (Å²) in [5.74, 6) is -1.22. The largest absolute Gasteiger partial charge is 0.454 e. The van der Waals surface area contributed by atoms with E-state index in [2.05, 4.69) is 0 Å². The first-order chi connectivity index (χ1) is 16.0. The molecule has 0 spiro atoms. The van der Waals surface area contributed by atoms with Crippen LogP contribution in [0.1, 0.15) is 42.4 Å². The minimum Gasteiger partial charge on any atom is -0.454 e. The lowest BCUT2D eigenvalue weighted by Gasteiger charge is -2.28. The van der Waals surface area contributed by atoms with Gasteiger partial charge in [0.25, 0.3) is 5.91 Å². The van der Waals surface area contributed by atoms with E-state index in [-0.39, 0.29) is 23.6 Å². The van der Waals surface area contributed by atoms with E-state index in [0.717, 1.165) is 16.8 Å². The van der Waals surface area contributed by atoms with E-state index < -0.39 is 27.2 Å². The molecular weight excluding hydrogens is 452 g/mol. The van der Waals surface area contributed by atoms with E-state index in [1.54, 1.807) is 26.1 Å². The van der Waals surface area contributed by atoms with Gasteiger partial charge in [0.1, 0.15) is 0 Å². The normalized spacial score (nSPS) is 15.1. The number of likely N-dealkylation sites (N-methyl/N-ethyl adjacent to an activating group) is 1. The number of hydrogen-bond acceptors (Lipinski definition) is 6. The fourth-order valence-electron chi connectivity index (χ4n) is 4.37. The van der Waals surface area contributed by atoms with Gasteiger partial charge in [-0.3, -0.25) is 9.59 Å². The number of ether oxygens (including phenoxy) is 1. The maximum Gasteiger partial charge on any atom is 0.328 e. The first-order valence-electron chi connectivity index (χ1n) is 11.5. The number of carbonyl (C=O) groups excluding carboxylic acids is 2. The predicted octanol–water partition coefficient (Wildman–Crippen LogP) is 3.66. The second-order valence-corrected chi connectivity index (χ2v) is 11.6. The average molecular weight is 487 g/mol. The predicted molar refractivity (Wildman–Crippen MR) is 133 cm³/mol. The Morgan fingerprint density at radius 3 is 2.18 bits per heavy atom. The number of benzene rings is 2. The molecule has 2 aromatic carbocycles. The van der Waals surface area contributed by atoms with Crippen molar-refractivity contribution in [2.24, 2.45) is 0 Å². The van der Waals surface area contributed by atoms with Gasteiger partial charge in [-0.05, 0) is 61.6 Å². The fraction of sp³-hybridized carbons (Fsp3) is 0.462. The van der Waals surface area contributed by atoms with Crippen molar-refractivity contribution >= 4 is 27.4 Å². The highest BCUT2D eigenvalue weighted by molar-refractivity contribution is 7.93. The molecule has 7 nitrogen and oxygen atoms in total. The second-order valence-electron chi connectivity index (χ2n) is 9.36. The molecule has 1 aliphatic carbocycles. The maximum absolute atomic E-state index is 13.7. The van der Waals surface area contributed by atoms with Crippen molar-refractivity contribution in [3.05, 3.63) is 59.2 Å². The zero-order chi connectivity index (χ0) is 25.1. The highest BCUT2D eigenvalue weighted by Crippen LogP contribution is 2.42. The molecule has 1 amide bonds. The van der Waals surface area contributed by atoms with Crippen molar-refractivity contribution in [1.29, 1.82) is 0 Å². The third-order valence-corrected chi connectivity index (χ3v) is 9.18. The van der Waals surface area contributed by atoms with Crippen molar-refractivity contribution in [3.8, 4) is 0 Å². The summed E-state index contributed by atoms with van der Waals surface area (Å²) in [6, 6.07) is 13.0. The van der Waals surface area contributed by atoms with Crippen LogP contribution in [0.2, 0.25) is 0 Å². The molecule has 1 saturated carbocycles. The number of carbonyl (C=O) groups is 2. The highest BCUT2D eigenvalue weighted by Gasteiger charge is 2.54. The summed E-state index contributed by atoms with van der Waals surface area (Å²) in [5, 5.41) is 0. The Hall–Kier alpha value is -2.87. The van der Waals surface area contributed by atoms with Gasteiger partial charge in [-0.25, -0.2) is 8.42 Å². The highest BCUT2D eigenvalue weighted by atomic mass is 32.2. The fourth-order valence-corrected chi connectivity index (χ4v) is 6.72. The Morgan fingerprint density at radius 1 is 0.971 bits per heavy atom. The first kappa shape index (κ1) is 25.7. The summed E-state index contributed by atoms with van der Waals surface area (Å²) < 4.78 is 31.0. The van der Waals surface area contributed by atoms with Crippen LogP contribution in [0.3, 0.4) is 0 Å². The van der Waals surface area contributed by atoms with Crippen LogP contribution in [0, 0.1) is 13.8 Å². The van der Waals surface area contributed by atoms with Crippen LogP contribution in [0.4, 0.5) is 5.69 Å². The van der Waals surface area contributed by atoms with Gasteiger partial charge in [0.05, 0.1) is 4.90 Å². The van der Waals surface area contributed by atoms with E-state index >= 15 is 0 Å². The quantitative estimate of drug-likeness (QED) is 0.530. The molecular formula is C26H34N2O5S. The molecule has 8 heteroatoms. The van der Waals surface area contributed by atoms with Crippen LogP contribution in [0.5, 0.6) is 0 Å². The van der Waals surface area contributed by atoms with E-state index in [1.165, 1.54) is 4.90 Å². The van der Waals surface area contributed by atoms with Gasteiger partial charge in [-0.2, -0.15) is 0 Å². The molecule has 3 rings (SSSR count). The lowest BCUT2D eigenvalue weighted by atomic mass is 10.1. The Balaban J connectivity index is 1.71. The van der Waals surface area contributed by atoms with Crippen LogP contribution in [-0.2, 0) is 30.7 Å². The number of rotatable bonds is 8. The zero-order valence-electron chi connectivity index (χ0n) is 20.6. The summed E-state index contributed by atoms with van der Waals surface area (Å²) in [6.07, 6.45) is 1.64. The lowest BCUT2D eigenvalue weighted by Crippen LogP contribution is -2.46. The molecule has 0 aromatic heterocycles. The van der Waals surface area contributed by atoms with Crippen molar-refractivity contribution in [1.82, 2.24) is 4.90 Å². The Morgan fingerprint density at radius 2 is 1.59 bits per heavy atom. The molecule has 184 valence electrons. The summed E-state index contributed by atoms with van der Waals surface area (Å²) in [5.41, 5.74) is 3.40. The Labute approximate surface area is 202 Å². The summed E-state index contributed by atoms with van der Waals surface area (Å²) >= 11 is 0. The molecule has 0 N–H and O–H groups in total. The van der Waals surface area contributed by atoms with E-state index in [0.29, 0.717) is 24.9 Å². The molecule has 2 aromatic rings. The molecule has 1 aliphatic rings. The smallest absolute Gasteiger partial charge is 0.328 e. The molecule has 34 heavy (non-hydrogen) atoms. The van der Waals surface area contributed by atoms with Crippen LogP contribution in [0.15, 0.2) is 47.4 Å². The maximum atomic E-state index is 13.7. The van der Waals surface area contributed by atoms with Gasteiger partial charge >= 0.3 is 5.97 Å². The molecule has 0 bridgehead atoms. The minimum atomic E-state index is -3.98.